The van der Waals surface area contributed by atoms with Crippen LogP contribution in [0.1, 0.15) is 50.0 Å². The molecule has 154 valence electrons. The maximum atomic E-state index is 13.6. The number of hydrogen-bond donors (Lipinski definition) is 2. The van der Waals surface area contributed by atoms with Gasteiger partial charge in [0.2, 0.25) is 0 Å². The molecule has 1 aromatic heterocycles. The lowest BCUT2D eigenvalue weighted by molar-refractivity contribution is 0.0562. The van der Waals surface area contributed by atoms with E-state index in [4.69, 9.17) is 4.74 Å². The van der Waals surface area contributed by atoms with Gasteiger partial charge in [-0.1, -0.05) is 12.1 Å². The van der Waals surface area contributed by atoms with Crippen molar-refractivity contribution in [1.29, 1.82) is 0 Å². The highest BCUT2D eigenvalue weighted by Crippen LogP contribution is 2.30. The number of unbranched alkanes of at least 4 members (excludes halogenated alkanes) is 1. The maximum absolute atomic E-state index is 13.6. The third-order valence-electron chi connectivity index (χ3n) is 5.55. The molecule has 2 aromatic rings. The van der Waals surface area contributed by atoms with E-state index in [-0.39, 0.29) is 23.7 Å². The summed E-state index contributed by atoms with van der Waals surface area (Å²) in [7, 11) is 1.70. The summed E-state index contributed by atoms with van der Waals surface area (Å²) in [6.45, 7) is 7.39. The number of phenolic OH excluding ortho intramolecular Hbond substituents is 1. The minimum Gasteiger partial charge on any atom is -0.506 e. The maximum Gasteiger partial charge on any atom is 0.271 e. The smallest absolute Gasteiger partial charge is 0.271 e. The van der Waals surface area contributed by atoms with Crippen molar-refractivity contribution in [2.24, 2.45) is 0 Å². The normalized spacial score (nSPS) is 17.4. The second kappa shape index (κ2) is 9.43. The Morgan fingerprint density at radius 1 is 1.39 bits per heavy atom. The second-order valence-electron chi connectivity index (χ2n) is 7.90. The number of piperidine rings is 1. The standard InChI is InChI=1S/C22H33N3O3/c1-16(2)25(18-9-7-11-23-15-18)22(27)19-14-17-8-6-10-20(26)21(17)24(19)12-4-5-13-28-3/h6,8,10,14,16,18,23,26H,4-5,7,9,11-13,15H2,1-3H3/t18-/m1/s1. The largest absolute Gasteiger partial charge is 0.506 e. The molecule has 0 radical (unpaired) electrons. The fraction of sp³-hybridized carbons (Fsp3) is 0.591. The molecular formula is C22H33N3O3. The van der Waals surface area contributed by atoms with E-state index in [2.05, 4.69) is 19.2 Å². The lowest BCUT2D eigenvalue weighted by atomic mass is 10.0. The van der Waals surface area contributed by atoms with E-state index in [0.717, 1.165) is 49.7 Å². The zero-order valence-electron chi connectivity index (χ0n) is 17.3. The molecule has 1 atom stereocenters. The van der Waals surface area contributed by atoms with E-state index in [9.17, 15) is 9.90 Å². The van der Waals surface area contributed by atoms with Crippen molar-refractivity contribution >= 4 is 16.8 Å². The first-order valence-electron chi connectivity index (χ1n) is 10.4. The van der Waals surface area contributed by atoms with Crippen LogP contribution in [0.15, 0.2) is 24.3 Å². The number of nitrogens with zero attached hydrogens (tertiary/aromatic N) is 2. The Morgan fingerprint density at radius 3 is 2.89 bits per heavy atom. The van der Waals surface area contributed by atoms with Crippen LogP contribution in [0.3, 0.4) is 0 Å². The molecule has 0 unspecified atom stereocenters. The molecule has 1 amide bonds. The van der Waals surface area contributed by atoms with E-state index in [1.54, 1.807) is 13.2 Å². The third kappa shape index (κ3) is 4.33. The highest BCUT2D eigenvalue weighted by molar-refractivity contribution is 6.00. The van der Waals surface area contributed by atoms with Gasteiger partial charge in [-0.25, -0.2) is 0 Å². The van der Waals surface area contributed by atoms with Crippen LogP contribution < -0.4 is 5.32 Å². The summed E-state index contributed by atoms with van der Waals surface area (Å²) in [5.74, 6) is 0.268. The Hall–Kier alpha value is -2.05. The summed E-state index contributed by atoms with van der Waals surface area (Å²) in [6.07, 6.45) is 3.91. The number of fused-ring (bicyclic) bond motifs is 1. The Balaban J connectivity index is 1.97. The first kappa shape index (κ1) is 20.7. The van der Waals surface area contributed by atoms with Gasteiger partial charge in [0, 0.05) is 44.3 Å². The van der Waals surface area contributed by atoms with E-state index in [1.165, 1.54) is 0 Å². The average Bonchev–Trinajstić information content (AvgIpc) is 3.06. The average molecular weight is 388 g/mol. The zero-order valence-corrected chi connectivity index (χ0v) is 17.3. The van der Waals surface area contributed by atoms with E-state index in [1.807, 2.05) is 27.7 Å². The van der Waals surface area contributed by atoms with Crippen LogP contribution in [0, 0.1) is 0 Å². The van der Waals surface area contributed by atoms with Crippen LogP contribution >= 0.6 is 0 Å². The number of nitrogens with one attached hydrogen (secondary N) is 1. The van der Waals surface area contributed by atoms with Gasteiger partial charge in [-0.15, -0.1) is 0 Å². The van der Waals surface area contributed by atoms with Crippen molar-refractivity contribution in [3.63, 3.8) is 0 Å². The molecule has 1 aliphatic rings. The van der Waals surface area contributed by atoms with Crippen molar-refractivity contribution < 1.29 is 14.6 Å². The fourth-order valence-corrected chi connectivity index (χ4v) is 4.26. The van der Waals surface area contributed by atoms with Gasteiger partial charge < -0.3 is 24.6 Å². The van der Waals surface area contributed by atoms with Crippen LogP contribution in [0.25, 0.3) is 10.9 Å². The second-order valence-corrected chi connectivity index (χ2v) is 7.90. The highest BCUT2D eigenvalue weighted by Gasteiger charge is 2.30. The molecule has 1 fully saturated rings. The number of carbonyl (C=O) groups excluding carboxylic acids is 1. The summed E-state index contributed by atoms with van der Waals surface area (Å²) >= 11 is 0. The van der Waals surface area contributed by atoms with E-state index >= 15 is 0 Å². The SMILES string of the molecule is COCCCCn1c(C(=O)N(C(C)C)[C@@H]2CCCNC2)cc2cccc(O)c21. The Kier molecular flexibility index (Phi) is 6.97. The van der Waals surface area contributed by atoms with Crippen LogP contribution in [-0.4, -0.2) is 59.4 Å². The molecule has 1 saturated heterocycles. The third-order valence-corrected chi connectivity index (χ3v) is 5.55. The van der Waals surface area contributed by atoms with Gasteiger partial charge in [0.15, 0.2) is 0 Å². The lowest BCUT2D eigenvalue weighted by Crippen LogP contribution is -2.52. The summed E-state index contributed by atoms with van der Waals surface area (Å²) in [4.78, 5) is 15.7. The van der Waals surface area contributed by atoms with Crippen molar-refractivity contribution in [2.45, 2.75) is 58.2 Å². The van der Waals surface area contributed by atoms with Gasteiger partial charge in [-0.2, -0.15) is 0 Å². The van der Waals surface area contributed by atoms with Crippen molar-refractivity contribution in [2.75, 3.05) is 26.8 Å². The van der Waals surface area contributed by atoms with Gasteiger partial charge in [-0.05, 0) is 58.2 Å². The number of benzene rings is 1. The van der Waals surface area contributed by atoms with Gasteiger partial charge >= 0.3 is 0 Å². The molecule has 0 saturated carbocycles. The molecule has 2 N–H and O–H groups in total. The van der Waals surface area contributed by atoms with Crippen LogP contribution in [0.5, 0.6) is 5.75 Å². The Morgan fingerprint density at radius 2 is 2.21 bits per heavy atom. The zero-order chi connectivity index (χ0) is 20.1. The van der Waals surface area contributed by atoms with Crippen LogP contribution in [-0.2, 0) is 11.3 Å². The predicted molar refractivity (Wildman–Crippen MR) is 112 cm³/mol. The number of aromatic nitrogens is 1. The number of carbonyl (C=O) groups is 1. The first-order valence-corrected chi connectivity index (χ1v) is 10.4. The fourth-order valence-electron chi connectivity index (χ4n) is 4.26. The summed E-state index contributed by atoms with van der Waals surface area (Å²) in [5, 5.41) is 14.8. The van der Waals surface area contributed by atoms with Gasteiger partial charge in [0.25, 0.3) is 5.91 Å². The minimum absolute atomic E-state index is 0.0473. The van der Waals surface area contributed by atoms with E-state index in [0.29, 0.717) is 18.8 Å². The molecule has 28 heavy (non-hydrogen) atoms. The number of amides is 1. The number of rotatable bonds is 8. The van der Waals surface area contributed by atoms with Crippen molar-refractivity contribution in [1.82, 2.24) is 14.8 Å². The monoisotopic (exact) mass is 387 g/mol. The number of methoxy groups -OCH3 is 1. The molecule has 3 rings (SSSR count). The molecular weight excluding hydrogens is 354 g/mol. The van der Waals surface area contributed by atoms with Crippen molar-refractivity contribution in [3.05, 3.63) is 30.0 Å². The highest BCUT2D eigenvalue weighted by atomic mass is 16.5. The van der Waals surface area contributed by atoms with Gasteiger partial charge in [0.05, 0.1) is 5.52 Å². The van der Waals surface area contributed by atoms with Crippen LogP contribution in [0.4, 0.5) is 0 Å². The minimum atomic E-state index is 0.0473. The molecule has 1 aromatic carbocycles. The van der Waals surface area contributed by atoms with Crippen LogP contribution in [0.2, 0.25) is 0 Å². The number of hydrogen-bond acceptors (Lipinski definition) is 4. The topological polar surface area (TPSA) is 66.7 Å². The Bertz CT molecular complexity index is 794. The number of aryl methyl sites for hydroxylation is 1. The quantitative estimate of drug-likeness (QED) is 0.682. The lowest BCUT2D eigenvalue weighted by Gasteiger charge is -2.37. The molecule has 1 aliphatic heterocycles. The summed E-state index contributed by atoms with van der Waals surface area (Å²) in [5.41, 5.74) is 1.40. The molecule has 6 heteroatoms. The summed E-state index contributed by atoms with van der Waals surface area (Å²) in [6, 6.07) is 7.72. The molecule has 0 bridgehead atoms. The first-order chi connectivity index (χ1) is 13.5. The van der Waals surface area contributed by atoms with Gasteiger partial charge in [-0.3, -0.25) is 4.79 Å². The molecule has 0 aliphatic carbocycles. The molecule has 6 nitrogen and oxygen atoms in total. The van der Waals surface area contributed by atoms with Gasteiger partial charge in [0.1, 0.15) is 11.4 Å². The molecule has 2 heterocycles. The predicted octanol–water partition coefficient (Wildman–Crippen LogP) is 3.38. The Labute approximate surface area is 167 Å². The summed E-state index contributed by atoms with van der Waals surface area (Å²) < 4.78 is 7.15. The number of aromatic hydroxyl groups is 1. The van der Waals surface area contributed by atoms with Crippen molar-refractivity contribution in [3.8, 4) is 5.75 Å². The number of para-hydroxylation sites is 1. The van der Waals surface area contributed by atoms with E-state index < -0.39 is 0 Å². The number of phenols is 1. The molecule has 0 spiro atoms. The number of ether oxygens (including phenoxy) is 1.